The van der Waals surface area contributed by atoms with Crippen molar-refractivity contribution in [2.45, 2.75) is 52.0 Å². The number of hydrogen-bond donors (Lipinski definition) is 2. The molecule has 0 saturated carbocycles. The molecule has 1 rings (SSSR count). The van der Waals surface area contributed by atoms with E-state index in [1.165, 1.54) is 32.2 Å². The summed E-state index contributed by atoms with van der Waals surface area (Å²) in [5, 5.41) is 6.70. The van der Waals surface area contributed by atoms with Crippen LogP contribution >= 0.6 is 24.0 Å². The van der Waals surface area contributed by atoms with E-state index in [1.807, 2.05) is 7.05 Å². The fourth-order valence-corrected chi connectivity index (χ4v) is 2.60. The van der Waals surface area contributed by atoms with Gasteiger partial charge in [-0.15, -0.1) is 24.0 Å². The standard InChI is InChI=1S/C14H30N4.HI/c1-4-9-16-14(15-3)17-10-12-18-11-7-6-8-13(18)5-2;/h13H,4-12H2,1-3H3,(H2,15,16,17);1H. The third-order valence-electron chi connectivity index (χ3n) is 3.68. The molecule has 19 heavy (non-hydrogen) atoms. The monoisotopic (exact) mass is 382 g/mol. The van der Waals surface area contributed by atoms with Gasteiger partial charge in [-0.1, -0.05) is 20.3 Å². The molecule has 4 nitrogen and oxygen atoms in total. The van der Waals surface area contributed by atoms with E-state index in [2.05, 4.69) is 34.4 Å². The Kier molecular flexibility index (Phi) is 11.7. The molecule has 1 fully saturated rings. The number of hydrogen-bond acceptors (Lipinski definition) is 2. The Morgan fingerprint density at radius 2 is 1.95 bits per heavy atom. The molecule has 1 heterocycles. The van der Waals surface area contributed by atoms with E-state index in [0.717, 1.165) is 38.1 Å². The molecule has 0 aromatic carbocycles. The summed E-state index contributed by atoms with van der Waals surface area (Å²) in [6, 6.07) is 0.797. The predicted octanol–water partition coefficient (Wildman–Crippen LogP) is 2.44. The summed E-state index contributed by atoms with van der Waals surface area (Å²) in [6.07, 6.45) is 6.55. The van der Waals surface area contributed by atoms with Gasteiger partial charge in [-0.05, 0) is 32.2 Å². The molecule has 0 aromatic heterocycles. The second kappa shape index (κ2) is 11.8. The first-order valence-electron chi connectivity index (χ1n) is 7.50. The molecule has 0 radical (unpaired) electrons. The minimum atomic E-state index is 0. The van der Waals surface area contributed by atoms with Crippen LogP contribution in [0.4, 0.5) is 0 Å². The highest BCUT2D eigenvalue weighted by molar-refractivity contribution is 14.0. The molecule has 0 aromatic rings. The van der Waals surface area contributed by atoms with Crippen molar-refractivity contribution in [3.8, 4) is 0 Å². The van der Waals surface area contributed by atoms with Crippen LogP contribution in [0.3, 0.4) is 0 Å². The molecule has 1 aliphatic rings. The smallest absolute Gasteiger partial charge is 0.191 e. The van der Waals surface area contributed by atoms with Crippen LogP contribution < -0.4 is 10.6 Å². The van der Waals surface area contributed by atoms with Gasteiger partial charge in [-0.3, -0.25) is 9.89 Å². The van der Waals surface area contributed by atoms with Gasteiger partial charge in [0.05, 0.1) is 0 Å². The normalized spacial score (nSPS) is 20.8. The maximum atomic E-state index is 4.22. The van der Waals surface area contributed by atoms with E-state index in [9.17, 15) is 0 Å². The summed E-state index contributed by atoms with van der Waals surface area (Å²) in [5.74, 6) is 0.932. The van der Waals surface area contributed by atoms with E-state index in [0.29, 0.717) is 0 Å². The number of rotatable bonds is 6. The van der Waals surface area contributed by atoms with Crippen LogP contribution in [0.25, 0.3) is 0 Å². The van der Waals surface area contributed by atoms with Crippen molar-refractivity contribution in [2.24, 2.45) is 4.99 Å². The van der Waals surface area contributed by atoms with Crippen LogP contribution in [-0.4, -0.2) is 50.1 Å². The van der Waals surface area contributed by atoms with Crippen molar-refractivity contribution in [3.63, 3.8) is 0 Å². The Hall–Kier alpha value is -0.0400. The maximum Gasteiger partial charge on any atom is 0.191 e. The molecule has 0 amide bonds. The number of likely N-dealkylation sites (tertiary alicyclic amines) is 1. The molecule has 2 N–H and O–H groups in total. The van der Waals surface area contributed by atoms with Crippen molar-refractivity contribution in [3.05, 3.63) is 0 Å². The number of aliphatic imine (C=N–C) groups is 1. The van der Waals surface area contributed by atoms with Gasteiger partial charge in [0.25, 0.3) is 0 Å². The van der Waals surface area contributed by atoms with E-state index in [1.54, 1.807) is 0 Å². The van der Waals surface area contributed by atoms with Gasteiger partial charge in [-0.2, -0.15) is 0 Å². The summed E-state index contributed by atoms with van der Waals surface area (Å²) >= 11 is 0. The molecule has 1 saturated heterocycles. The zero-order chi connectivity index (χ0) is 13.2. The molecule has 0 spiro atoms. The van der Waals surface area contributed by atoms with Crippen LogP contribution in [0.2, 0.25) is 0 Å². The average Bonchev–Trinajstić information content (AvgIpc) is 2.43. The van der Waals surface area contributed by atoms with E-state index < -0.39 is 0 Å². The molecule has 0 bridgehead atoms. The van der Waals surface area contributed by atoms with Crippen molar-refractivity contribution < 1.29 is 0 Å². The zero-order valence-electron chi connectivity index (χ0n) is 12.7. The maximum absolute atomic E-state index is 4.22. The first-order valence-corrected chi connectivity index (χ1v) is 7.50. The molecule has 114 valence electrons. The molecule has 1 aliphatic heterocycles. The molecule has 1 unspecified atom stereocenters. The number of nitrogens with one attached hydrogen (secondary N) is 2. The fourth-order valence-electron chi connectivity index (χ4n) is 2.60. The van der Waals surface area contributed by atoms with Crippen molar-refractivity contribution >= 4 is 29.9 Å². The van der Waals surface area contributed by atoms with Crippen molar-refractivity contribution in [2.75, 3.05) is 33.2 Å². The third-order valence-corrected chi connectivity index (χ3v) is 3.68. The number of piperidine rings is 1. The van der Waals surface area contributed by atoms with E-state index in [4.69, 9.17) is 0 Å². The first-order chi connectivity index (χ1) is 8.81. The summed E-state index contributed by atoms with van der Waals surface area (Å²) < 4.78 is 0. The lowest BCUT2D eigenvalue weighted by Crippen LogP contribution is -2.46. The van der Waals surface area contributed by atoms with Crippen LogP contribution in [0.1, 0.15) is 46.0 Å². The van der Waals surface area contributed by atoms with Gasteiger partial charge in [0.1, 0.15) is 0 Å². The molecular weight excluding hydrogens is 351 g/mol. The largest absolute Gasteiger partial charge is 0.356 e. The second-order valence-corrected chi connectivity index (χ2v) is 5.02. The molecule has 1 atom stereocenters. The minimum absolute atomic E-state index is 0. The minimum Gasteiger partial charge on any atom is -0.356 e. The lowest BCUT2D eigenvalue weighted by molar-refractivity contribution is 0.147. The molecule has 0 aliphatic carbocycles. The van der Waals surface area contributed by atoms with Gasteiger partial charge in [0.2, 0.25) is 0 Å². The second-order valence-electron chi connectivity index (χ2n) is 5.02. The van der Waals surface area contributed by atoms with Gasteiger partial charge in [-0.25, -0.2) is 0 Å². The molecule has 5 heteroatoms. The lowest BCUT2D eigenvalue weighted by Gasteiger charge is -2.35. The zero-order valence-corrected chi connectivity index (χ0v) is 15.1. The van der Waals surface area contributed by atoms with Crippen molar-refractivity contribution in [1.29, 1.82) is 0 Å². The lowest BCUT2D eigenvalue weighted by atomic mass is 10.0. The van der Waals surface area contributed by atoms with Gasteiger partial charge in [0, 0.05) is 32.7 Å². The third kappa shape index (κ3) is 7.34. The summed E-state index contributed by atoms with van der Waals surface area (Å²) in [5.41, 5.74) is 0. The first kappa shape index (κ1) is 19.0. The molecular formula is C14H31IN4. The number of guanidine groups is 1. The number of nitrogens with zero attached hydrogens (tertiary/aromatic N) is 2. The van der Waals surface area contributed by atoms with Crippen LogP contribution in [0, 0.1) is 0 Å². The summed E-state index contributed by atoms with van der Waals surface area (Å²) in [7, 11) is 1.83. The predicted molar refractivity (Wildman–Crippen MR) is 94.6 cm³/mol. The van der Waals surface area contributed by atoms with Gasteiger partial charge in [0.15, 0.2) is 5.96 Å². The Balaban J connectivity index is 0.00000324. The number of halogens is 1. The van der Waals surface area contributed by atoms with Crippen LogP contribution in [0.15, 0.2) is 4.99 Å². The summed E-state index contributed by atoms with van der Waals surface area (Å²) in [4.78, 5) is 6.85. The van der Waals surface area contributed by atoms with Crippen LogP contribution in [-0.2, 0) is 0 Å². The van der Waals surface area contributed by atoms with Crippen LogP contribution in [0.5, 0.6) is 0 Å². The highest BCUT2D eigenvalue weighted by Crippen LogP contribution is 2.18. The Morgan fingerprint density at radius 3 is 2.58 bits per heavy atom. The topological polar surface area (TPSA) is 39.7 Å². The summed E-state index contributed by atoms with van der Waals surface area (Å²) in [6.45, 7) is 8.84. The van der Waals surface area contributed by atoms with E-state index in [-0.39, 0.29) is 24.0 Å². The van der Waals surface area contributed by atoms with Gasteiger partial charge < -0.3 is 10.6 Å². The highest BCUT2D eigenvalue weighted by atomic mass is 127. The quantitative estimate of drug-likeness (QED) is 0.421. The fraction of sp³-hybridized carbons (Fsp3) is 0.929. The SMILES string of the molecule is CCCNC(=NC)NCCN1CCCCC1CC.I. The van der Waals surface area contributed by atoms with Gasteiger partial charge >= 0.3 is 0 Å². The van der Waals surface area contributed by atoms with E-state index >= 15 is 0 Å². The Bertz CT molecular complexity index is 246. The van der Waals surface area contributed by atoms with Crippen molar-refractivity contribution in [1.82, 2.24) is 15.5 Å². The Labute approximate surface area is 135 Å². The Morgan fingerprint density at radius 1 is 1.21 bits per heavy atom. The average molecular weight is 382 g/mol. The highest BCUT2D eigenvalue weighted by Gasteiger charge is 2.19.